The maximum atomic E-state index is 3.54. The molecule has 0 aromatic carbocycles. The van der Waals surface area contributed by atoms with Crippen LogP contribution in [0.15, 0.2) is 33.4 Å². The Bertz CT molecular complexity index is 516. The molecule has 108 valence electrons. The average Bonchev–Trinajstić information content (AvgIpc) is 3.10. The summed E-state index contributed by atoms with van der Waals surface area (Å²) < 4.78 is 1.24. The highest BCUT2D eigenvalue weighted by Gasteiger charge is 2.17. The lowest BCUT2D eigenvalue weighted by Crippen LogP contribution is -2.46. The van der Waals surface area contributed by atoms with Crippen molar-refractivity contribution < 1.29 is 0 Å². The van der Waals surface area contributed by atoms with Gasteiger partial charge in [-0.05, 0) is 45.9 Å². The molecule has 3 heterocycles. The fourth-order valence-corrected chi connectivity index (χ4v) is 4.78. The van der Waals surface area contributed by atoms with E-state index in [9.17, 15) is 0 Å². The minimum Gasteiger partial charge on any atom is -0.300 e. The summed E-state index contributed by atoms with van der Waals surface area (Å²) in [4.78, 5) is 8.14. The predicted molar refractivity (Wildman–Crippen MR) is 91.8 cm³/mol. The zero-order valence-corrected chi connectivity index (χ0v) is 14.6. The smallest absolute Gasteiger partial charge is 0.0701 e. The molecule has 1 fully saturated rings. The van der Waals surface area contributed by atoms with Gasteiger partial charge in [-0.1, -0.05) is 6.07 Å². The standard InChI is InChI=1S/C15H19BrN2S2/c16-15-4-3-14(20-15)12-18-9-7-17(8-10-18)6-5-13-2-1-11-19-13/h1-4,11H,5-10,12H2. The van der Waals surface area contributed by atoms with Crippen molar-refractivity contribution in [1.82, 2.24) is 9.80 Å². The van der Waals surface area contributed by atoms with Gasteiger partial charge in [0.05, 0.1) is 3.79 Å². The first kappa shape index (κ1) is 14.7. The molecule has 0 bridgehead atoms. The topological polar surface area (TPSA) is 6.48 Å². The van der Waals surface area contributed by atoms with Gasteiger partial charge >= 0.3 is 0 Å². The highest BCUT2D eigenvalue weighted by Crippen LogP contribution is 2.23. The van der Waals surface area contributed by atoms with Gasteiger partial charge in [-0.3, -0.25) is 4.90 Å². The van der Waals surface area contributed by atoms with Crippen molar-refractivity contribution in [2.45, 2.75) is 13.0 Å². The summed E-state index contributed by atoms with van der Waals surface area (Å²) in [6.45, 7) is 7.11. The Morgan fingerprint density at radius 3 is 2.45 bits per heavy atom. The molecule has 20 heavy (non-hydrogen) atoms. The third-order valence-corrected chi connectivity index (χ3v) is 6.27. The SMILES string of the molecule is Brc1ccc(CN2CCN(CCc3cccs3)CC2)s1. The Morgan fingerprint density at radius 1 is 1.00 bits per heavy atom. The van der Waals surface area contributed by atoms with Gasteiger partial charge in [0.1, 0.15) is 0 Å². The molecule has 1 aliphatic rings. The van der Waals surface area contributed by atoms with Crippen LogP contribution in [0.3, 0.4) is 0 Å². The maximum absolute atomic E-state index is 3.54. The van der Waals surface area contributed by atoms with Gasteiger partial charge in [0.15, 0.2) is 0 Å². The van der Waals surface area contributed by atoms with Crippen LogP contribution in [0.2, 0.25) is 0 Å². The Morgan fingerprint density at radius 2 is 1.80 bits per heavy atom. The van der Waals surface area contributed by atoms with Gasteiger partial charge in [-0.25, -0.2) is 0 Å². The molecular weight excluding hydrogens is 352 g/mol. The highest BCUT2D eigenvalue weighted by molar-refractivity contribution is 9.11. The second-order valence-electron chi connectivity index (χ2n) is 5.15. The molecule has 2 aromatic rings. The molecule has 1 aliphatic heterocycles. The molecule has 1 saturated heterocycles. The van der Waals surface area contributed by atoms with E-state index in [2.05, 4.69) is 55.4 Å². The molecule has 0 aliphatic carbocycles. The van der Waals surface area contributed by atoms with Crippen LogP contribution in [0.5, 0.6) is 0 Å². The van der Waals surface area contributed by atoms with E-state index in [0.29, 0.717) is 0 Å². The van der Waals surface area contributed by atoms with Crippen molar-refractivity contribution >= 4 is 38.6 Å². The van der Waals surface area contributed by atoms with Crippen molar-refractivity contribution in [2.75, 3.05) is 32.7 Å². The summed E-state index contributed by atoms with van der Waals surface area (Å²) in [5.41, 5.74) is 0. The van der Waals surface area contributed by atoms with Crippen LogP contribution in [0.25, 0.3) is 0 Å². The summed E-state index contributed by atoms with van der Waals surface area (Å²) in [5, 5.41) is 2.17. The van der Waals surface area contributed by atoms with E-state index in [1.54, 1.807) is 0 Å². The second kappa shape index (κ2) is 7.18. The molecule has 3 rings (SSSR count). The quantitative estimate of drug-likeness (QED) is 0.786. The summed E-state index contributed by atoms with van der Waals surface area (Å²) in [7, 11) is 0. The molecule has 0 amide bonds. The second-order valence-corrected chi connectivity index (χ2v) is 8.73. The third-order valence-electron chi connectivity index (χ3n) is 3.73. The maximum Gasteiger partial charge on any atom is 0.0701 e. The number of hydrogen-bond acceptors (Lipinski definition) is 4. The van der Waals surface area contributed by atoms with Crippen LogP contribution in [0, 0.1) is 0 Å². The van der Waals surface area contributed by atoms with Crippen LogP contribution in [0.1, 0.15) is 9.75 Å². The third kappa shape index (κ3) is 4.15. The van der Waals surface area contributed by atoms with E-state index < -0.39 is 0 Å². The van der Waals surface area contributed by atoms with Crippen LogP contribution in [0.4, 0.5) is 0 Å². The van der Waals surface area contributed by atoms with Crippen LogP contribution in [-0.2, 0) is 13.0 Å². The van der Waals surface area contributed by atoms with Crippen molar-refractivity contribution in [2.24, 2.45) is 0 Å². The Balaban J connectivity index is 1.40. The molecule has 5 heteroatoms. The Kier molecular flexibility index (Phi) is 5.29. The monoisotopic (exact) mass is 370 g/mol. The van der Waals surface area contributed by atoms with Gasteiger partial charge in [-0.2, -0.15) is 0 Å². The fraction of sp³-hybridized carbons (Fsp3) is 0.467. The van der Waals surface area contributed by atoms with E-state index in [4.69, 9.17) is 0 Å². The lowest BCUT2D eigenvalue weighted by molar-refractivity contribution is 0.129. The summed E-state index contributed by atoms with van der Waals surface area (Å²) in [5.74, 6) is 0. The summed E-state index contributed by atoms with van der Waals surface area (Å²) in [6.07, 6.45) is 1.20. The lowest BCUT2D eigenvalue weighted by atomic mass is 10.2. The fourth-order valence-electron chi connectivity index (χ4n) is 2.55. The highest BCUT2D eigenvalue weighted by atomic mass is 79.9. The van der Waals surface area contributed by atoms with Crippen LogP contribution >= 0.6 is 38.6 Å². The molecule has 0 N–H and O–H groups in total. The number of rotatable bonds is 5. The lowest BCUT2D eigenvalue weighted by Gasteiger charge is -2.34. The first-order chi connectivity index (χ1) is 9.79. The molecule has 0 saturated carbocycles. The predicted octanol–water partition coefficient (Wildman–Crippen LogP) is 3.93. The number of nitrogens with zero attached hydrogens (tertiary/aromatic N) is 2. The number of hydrogen-bond donors (Lipinski definition) is 0. The van der Waals surface area contributed by atoms with Gasteiger partial charge < -0.3 is 4.90 Å². The number of halogens is 1. The Hall–Kier alpha value is -0.200. The van der Waals surface area contributed by atoms with E-state index >= 15 is 0 Å². The first-order valence-electron chi connectivity index (χ1n) is 7.01. The van der Waals surface area contributed by atoms with E-state index in [1.807, 2.05) is 22.7 Å². The zero-order chi connectivity index (χ0) is 13.8. The van der Waals surface area contributed by atoms with Gasteiger partial charge in [0, 0.05) is 49.0 Å². The van der Waals surface area contributed by atoms with Crippen molar-refractivity contribution in [3.05, 3.63) is 43.2 Å². The van der Waals surface area contributed by atoms with Crippen LogP contribution in [-0.4, -0.2) is 42.5 Å². The average molecular weight is 371 g/mol. The summed E-state index contributed by atoms with van der Waals surface area (Å²) >= 11 is 7.27. The van der Waals surface area contributed by atoms with Crippen molar-refractivity contribution in [1.29, 1.82) is 0 Å². The minimum absolute atomic E-state index is 1.11. The molecule has 0 spiro atoms. The van der Waals surface area contributed by atoms with Crippen molar-refractivity contribution in [3.63, 3.8) is 0 Å². The van der Waals surface area contributed by atoms with E-state index in [-0.39, 0.29) is 0 Å². The normalized spacial score (nSPS) is 17.6. The van der Waals surface area contributed by atoms with E-state index in [1.165, 1.54) is 52.7 Å². The molecule has 0 radical (unpaired) electrons. The zero-order valence-electron chi connectivity index (χ0n) is 11.4. The molecule has 2 nitrogen and oxygen atoms in total. The van der Waals surface area contributed by atoms with E-state index in [0.717, 1.165) is 6.54 Å². The Labute approximate surface area is 137 Å². The molecule has 0 unspecified atom stereocenters. The minimum atomic E-state index is 1.11. The number of thiophene rings is 2. The van der Waals surface area contributed by atoms with Crippen LogP contribution < -0.4 is 0 Å². The van der Waals surface area contributed by atoms with Gasteiger partial charge in [0.2, 0.25) is 0 Å². The summed E-state index contributed by atoms with van der Waals surface area (Å²) in [6, 6.07) is 8.78. The largest absolute Gasteiger partial charge is 0.300 e. The number of piperazine rings is 1. The van der Waals surface area contributed by atoms with Gasteiger partial charge in [-0.15, -0.1) is 22.7 Å². The molecular formula is C15H19BrN2S2. The molecule has 0 atom stereocenters. The van der Waals surface area contributed by atoms with Crippen molar-refractivity contribution in [3.8, 4) is 0 Å². The first-order valence-corrected chi connectivity index (χ1v) is 9.50. The van der Waals surface area contributed by atoms with Gasteiger partial charge in [0.25, 0.3) is 0 Å². The molecule has 2 aromatic heterocycles.